The molecule has 0 unspecified atom stereocenters. The monoisotopic (exact) mass is 307 g/mol. The first-order valence-corrected chi connectivity index (χ1v) is 7.72. The minimum absolute atomic E-state index is 0.00175. The molecule has 1 N–H and O–H groups in total. The van der Waals surface area contributed by atoms with Gasteiger partial charge in [0.15, 0.2) is 0 Å². The summed E-state index contributed by atoms with van der Waals surface area (Å²) in [5.41, 5.74) is 0. The molecule has 1 aromatic rings. The first-order chi connectivity index (χ1) is 8.80. The number of hydrogen-bond acceptors (Lipinski definition) is 3. The van der Waals surface area contributed by atoms with Crippen LogP contribution in [0.4, 0.5) is 4.39 Å². The molecule has 2 rings (SSSR count). The molecule has 4 nitrogen and oxygen atoms in total. The summed E-state index contributed by atoms with van der Waals surface area (Å²) in [6, 6.07) is 3.26. The third-order valence-corrected chi connectivity index (χ3v) is 5.61. The van der Waals surface area contributed by atoms with Crippen LogP contribution in [0.5, 0.6) is 0 Å². The highest BCUT2D eigenvalue weighted by molar-refractivity contribution is 7.89. The topological polar surface area (TPSA) is 57.6 Å². The number of rotatable bonds is 4. The third kappa shape index (κ3) is 3.08. The lowest BCUT2D eigenvalue weighted by Crippen LogP contribution is -2.39. The van der Waals surface area contributed by atoms with Gasteiger partial charge in [-0.1, -0.05) is 11.6 Å². The Hall–Kier alpha value is -0.690. The van der Waals surface area contributed by atoms with Crippen molar-refractivity contribution >= 4 is 21.6 Å². The second kappa shape index (κ2) is 5.36. The van der Waals surface area contributed by atoms with Gasteiger partial charge in [0.05, 0.1) is 11.1 Å². The van der Waals surface area contributed by atoms with E-state index in [1.807, 2.05) is 0 Å². The van der Waals surface area contributed by atoms with E-state index >= 15 is 0 Å². The van der Waals surface area contributed by atoms with E-state index < -0.39 is 15.8 Å². The van der Waals surface area contributed by atoms with Gasteiger partial charge in [0.1, 0.15) is 10.7 Å². The summed E-state index contributed by atoms with van der Waals surface area (Å²) >= 11 is 5.82. The summed E-state index contributed by atoms with van der Waals surface area (Å²) < 4.78 is 38.9. The number of nitrogens with zero attached hydrogens (tertiary/aromatic N) is 1. The SMILES string of the molecule is CN(CC1CC(O)C1)S(=O)(=O)c1cc(F)ccc1Cl. The normalized spacial score (nSPS) is 23.4. The molecule has 106 valence electrons. The summed E-state index contributed by atoms with van der Waals surface area (Å²) in [5, 5.41) is 9.19. The lowest BCUT2D eigenvalue weighted by atomic mass is 9.82. The van der Waals surface area contributed by atoms with Gasteiger partial charge in [-0.3, -0.25) is 0 Å². The van der Waals surface area contributed by atoms with Crippen molar-refractivity contribution in [3.63, 3.8) is 0 Å². The maximum atomic E-state index is 13.2. The minimum atomic E-state index is -3.80. The first-order valence-electron chi connectivity index (χ1n) is 5.90. The highest BCUT2D eigenvalue weighted by Gasteiger charge is 2.32. The molecular weight excluding hydrogens is 293 g/mol. The molecule has 1 aliphatic rings. The molecule has 1 saturated carbocycles. The van der Waals surface area contributed by atoms with Crippen molar-refractivity contribution in [2.75, 3.05) is 13.6 Å². The zero-order valence-electron chi connectivity index (χ0n) is 10.4. The van der Waals surface area contributed by atoms with Crippen LogP contribution in [0.25, 0.3) is 0 Å². The van der Waals surface area contributed by atoms with Crippen molar-refractivity contribution in [3.05, 3.63) is 29.0 Å². The maximum Gasteiger partial charge on any atom is 0.244 e. The van der Waals surface area contributed by atoms with Crippen LogP contribution in [0, 0.1) is 11.7 Å². The Kier molecular flexibility index (Phi) is 4.15. The molecule has 1 fully saturated rings. The number of halogens is 2. The van der Waals surface area contributed by atoms with Crippen LogP contribution >= 0.6 is 11.6 Å². The molecule has 1 aromatic carbocycles. The van der Waals surface area contributed by atoms with E-state index in [2.05, 4.69) is 0 Å². The smallest absolute Gasteiger partial charge is 0.244 e. The van der Waals surface area contributed by atoms with Crippen molar-refractivity contribution in [1.29, 1.82) is 0 Å². The molecule has 0 spiro atoms. The predicted molar refractivity (Wildman–Crippen MR) is 70.0 cm³/mol. The Balaban J connectivity index is 2.19. The van der Waals surface area contributed by atoms with Crippen LogP contribution in [0.15, 0.2) is 23.1 Å². The van der Waals surface area contributed by atoms with Gasteiger partial charge in [-0.15, -0.1) is 0 Å². The number of hydrogen-bond donors (Lipinski definition) is 1. The number of aliphatic hydroxyl groups excluding tert-OH is 1. The van der Waals surface area contributed by atoms with E-state index in [4.69, 9.17) is 11.6 Å². The van der Waals surface area contributed by atoms with Crippen molar-refractivity contribution in [2.45, 2.75) is 23.8 Å². The predicted octanol–water partition coefficient (Wildman–Crippen LogP) is 1.87. The van der Waals surface area contributed by atoms with Crippen LogP contribution in [0.2, 0.25) is 5.02 Å². The fourth-order valence-corrected chi connectivity index (χ4v) is 3.88. The molecule has 0 bridgehead atoms. The van der Waals surface area contributed by atoms with Gasteiger partial charge in [0, 0.05) is 13.6 Å². The van der Waals surface area contributed by atoms with E-state index in [9.17, 15) is 17.9 Å². The lowest BCUT2D eigenvalue weighted by molar-refractivity contribution is 0.0367. The van der Waals surface area contributed by atoms with Crippen LogP contribution < -0.4 is 0 Å². The standard InChI is InChI=1S/C12H15ClFNO3S/c1-15(7-8-4-10(16)5-8)19(17,18)12-6-9(14)2-3-11(12)13/h2-3,6,8,10,16H,4-5,7H2,1H3. The molecule has 0 aromatic heterocycles. The average Bonchev–Trinajstić information content (AvgIpc) is 2.30. The Morgan fingerprint density at radius 2 is 2.11 bits per heavy atom. The van der Waals surface area contributed by atoms with Crippen LogP contribution in [0.3, 0.4) is 0 Å². The van der Waals surface area contributed by atoms with E-state index in [0.29, 0.717) is 19.4 Å². The Morgan fingerprint density at radius 1 is 1.47 bits per heavy atom. The van der Waals surface area contributed by atoms with Gasteiger partial charge in [-0.05, 0) is 37.0 Å². The largest absolute Gasteiger partial charge is 0.393 e. The number of sulfonamides is 1. The molecule has 7 heteroatoms. The average molecular weight is 308 g/mol. The summed E-state index contributed by atoms with van der Waals surface area (Å²) in [4.78, 5) is -0.225. The van der Waals surface area contributed by atoms with Crippen molar-refractivity contribution in [3.8, 4) is 0 Å². The van der Waals surface area contributed by atoms with Gasteiger partial charge >= 0.3 is 0 Å². The zero-order valence-corrected chi connectivity index (χ0v) is 12.0. The Bertz CT molecular complexity index is 572. The molecule has 0 radical (unpaired) electrons. The number of benzene rings is 1. The summed E-state index contributed by atoms with van der Waals surface area (Å²) in [6.07, 6.45) is 0.854. The van der Waals surface area contributed by atoms with Crippen LogP contribution in [0.1, 0.15) is 12.8 Å². The van der Waals surface area contributed by atoms with Gasteiger partial charge in [0.25, 0.3) is 0 Å². The Labute approximate surface area is 116 Å². The molecule has 0 aliphatic heterocycles. The second-order valence-corrected chi connectivity index (χ2v) is 7.27. The van der Waals surface area contributed by atoms with E-state index in [-0.39, 0.29) is 21.9 Å². The third-order valence-electron chi connectivity index (χ3n) is 3.31. The minimum Gasteiger partial charge on any atom is -0.393 e. The van der Waals surface area contributed by atoms with Gasteiger partial charge in [-0.2, -0.15) is 0 Å². The van der Waals surface area contributed by atoms with Crippen molar-refractivity contribution < 1.29 is 17.9 Å². The molecular formula is C12H15ClFNO3S. The van der Waals surface area contributed by atoms with Crippen molar-refractivity contribution in [2.24, 2.45) is 5.92 Å². The fourth-order valence-electron chi connectivity index (χ4n) is 2.15. The quantitative estimate of drug-likeness (QED) is 0.924. The van der Waals surface area contributed by atoms with E-state index in [1.165, 1.54) is 13.1 Å². The molecule has 19 heavy (non-hydrogen) atoms. The lowest BCUT2D eigenvalue weighted by Gasteiger charge is -2.34. The highest BCUT2D eigenvalue weighted by atomic mass is 35.5. The molecule has 1 aliphatic carbocycles. The highest BCUT2D eigenvalue weighted by Crippen LogP contribution is 2.30. The summed E-state index contributed by atoms with van der Waals surface area (Å²) in [5.74, 6) is -0.502. The molecule has 0 atom stereocenters. The fraction of sp³-hybridized carbons (Fsp3) is 0.500. The maximum absolute atomic E-state index is 13.2. The van der Waals surface area contributed by atoms with E-state index in [1.54, 1.807) is 0 Å². The van der Waals surface area contributed by atoms with Gasteiger partial charge < -0.3 is 5.11 Å². The zero-order chi connectivity index (χ0) is 14.2. The van der Waals surface area contributed by atoms with Gasteiger partial charge in [-0.25, -0.2) is 17.1 Å². The summed E-state index contributed by atoms with van der Waals surface area (Å²) in [6.45, 7) is 0.298. The molecule has 0 heterocycles. The molecule has 0 saturated heterocycles. The van der Waals surface area contributed by atoms with Crippen molar-refractivity contribution in [1.82, 2.24) is 4.31 Å². The number of aliphatic hydroxyl groups is 1. The second-order valence-electron chi connectivity index (χ2n) is 4.85. The Morgan fingerprint density at radius 3 is 2.68 bits per heavy atom. The van der Waals surface area contributed by atoms with Crippen LogP contribution in [-0.4, -0.2) is 37.5 Å². The van der Waals surface area contributed by atoms with E-state index in [0.717, 1.165) is 16.4 Å². The first kappa shape index (κ1) is 14.7. The molecule has 0 amide bonds. The van der Waals surface area contributed by atoms with Crippen LogP contribution in [-0.2, 0) is 10.0 Å². The summed E-state index contributed by atoms with van der Waals surface area (Å²) in [7, 11) is -2.37. The van der Waals surface area contributed by atoms with Gasteiger partial charge in [0.2, 0.25) is 10.0 Å².